The molecule has 8 heteroatoms. The SMILES string of the molecule is COc1ccc2cc([C@H](C)C(=O)Oc3ccc(C(C)=O)c(C[C@H]4CN(S(=O)(=O)c5ccc(C)cc5)C/C4=C\c4ccccc4)c3)ccc2c1. The van der Waals surface area contributed by atoms with E-state index < -0.39 is 21.9 Å². The molecule has 0 radical (unpaired) electrons. The number of methoxy groups -OCH3 is 1. The molecule has 0 bridgehead atoms. The fourth-order valence-electron chi connectivity index (χ4n) is 6.32. The molecule has 2 atom stereocenters. The van der Waals surface area contributed by atoms with Crippen molar-refractivity contribution in [3.8, 4) is 11.5 Å². The van der Waals surface area contributed by atoms with Gasteiger partial charge in [-0.3, -0.25) is 9.59 Å². The van der Waals surface area contributed by atoms with Gasteiger partial charge in [-0.15, -0.1) is 0 Å². The summed E-state index contributed by atoms with van der Waals surface area (Å²) in [6.07, 6.45) is 2.43. The highest BCUT2D eigenvalue weighted by Crippen LogP contribution is 2.34. The molecule has 1 aliphatic heterocycles. The predicted octanol–water partition coefficient (Wildman–Crippen LogP) is 8.02. The lowest BCUT2D eigenvalue weighted by atomic mass is 9.90. The number of carbonyl (C=O) groups is 2. The highest BCUT2D eigenvalue weighted by atomic mass is 32.2. The Labute approximate surface area is 287 Å². The number of sulfonamides is 1. The lowest BCUT2D eigenvalue weighted by molar-refractivity contribution is -0.135. The number of fused-ring (bicyclic) bond motifs is 1. The Morgan fingerprint density at radius 2 is 1.57 bits per heavy atom. The van der Waals surface area contributed by atoms with Crippen molar-refractivity contribution in [3.63, 3.8) is 0 Å². The molecule has 5 aromatic rings. The van der Waals surface area contributed by atoms with Crippen molar-refractivity contribution >= 4 is 38.6 Å². The zero-order valence-corrected chi connectivity index (χ0v) is 28.9. The van der Waals surface area contributed by atoms with Crippen molar-refractivity contribution in [3.05, 3.63) is 143 Å². The second-order valence-electron chi connectivity index (χ2n) is 12.6. The van der Waals surface area contributed by atoms with Crippen LogP contribution >= 0.6 is 0 Å². The van der Waals surface area contributed by atoms with Crippen molar-refractivity contribution in [2.75, 3.05) is 20.2 Å². The minimum atomic E-state index is -3.76. The minimum absolute atomic E-state index is 0.121. The summed E-state index contributed by atoms with van der Waals surface area (Å²) in [5.41, 5.74) is 4.92. The molecule has 1 heterocycles. The van der Waals surface area contributed by atoms with E-state index in [1.165, 1.54) is 11.2 Å². The number of esters is 1. The molecule has 1 aliphatic rings. The van der Waals surface area contributed by atoms with Crippen LogP contribution in [0, 0.1) is 12.8 Å². The van der Waals surface area contributed by atoms with Gasteiger partial charge in [0.05, 0.1) is 17.9 Å². The quantitative estimate of drug-likeness (QED) is 0.0848. The van der Waals surface area contributed by atoms with Crippen LogP contribution in [0.25, 0.3) is 16.8 Å². The summed E-state index contributed by atoms with van der Waals surface area (Å²) < 4.78 is 40.2. The zero-order chi connectivity index (χ0) is 34.7. The Hall–Kier alpha value is -5.05. The first-order chi connectivity index (χ1) is 23.5. The number of ether oxygens (including phenoxy) is 2. The predicted molar refractivity (Wildman–Crippen MR) is 193 cm³/mol. The van der Waals surface area contributed by atoms with Gasteiger partial charge in [0.15, 0.2) is 5.78 Å². The Bertz CT molecular complexity index is 2160. The first-order valence-corrected chi connectivity index (χ1v) is 17.7. The van der Waals surface area contributed by atoms with Crippen LogP contribution in [0.4, 0.5) is 0 Å². The second-order valence-corrected chi connectivity index (χ2v) is 14.6. The Kier molecular flexibility index (Phi) is 9.81. The van der Waals surface area contributed by atoms with E-state index in [1.54, 1.807) is 56.5 Å². The van der Waals surface area contributed by atoms with E-state index in [4.69, 9.17) is 9.47 Å². The summed E-state index contributed by atoms with van der Waals surface area (Å²) in [4.78, 5) is 26.4. The number of carbonyl (C=O) groups excluding carboxylic acids is 2. The van der Waals surface area contributed by atoms with E-state index in [2.05, 4.69) is 0 Å². The highest BCUT2D eigenvalue weighted by Gasteiger charge is 2.36. The summed E-state index contributed by atoms with van der Waals surface area (Å²) in [5.74, 6) is -0.200. The molecule has 1 fully saturated rings. The lowest BCUT2D eigenvalue weighted by Gasteiger charge is -2.18. The molecule has 0 saturated carbocycles. The van der Waals surface area contributed by atoms with Gasteiger partial charge in [-0.05, 0) is 109 Å². The van der Waals surface area contributed by atoms with Gasteiger partial charge in [0.1, 0.15) is 11.5 Å². The minimum Gasteiger partial charge on any atom is -0.497 e. The van der Waals surface area contributed by atoms with Gasteiger partial charge >= 0.3 is 5.97 Å². The van der Waals surface area contributed by atoms with Gasteiger partial charge in [0.2, 0.25) is 10.0 Å². The standard InChI is InChI=1S/C41H39NO6S/c1-27-10-17-39(18-11-27)49(45,46)42-25-35(20-30-8-6-5-7-9-30)36(26-42)22-34-24-38(16-19-40(34)29(3)43)48-41(44)28(2)31-12-13-33-23-37(47-4)15-14-32(33)21-31/h5-21,23-24,28,36H,22,25-26H2,1-4H3/b35-20+/t28-,36-/m0/s1. The number of hydrogen-bond acceptors (Lipinski definition) is 6. The smallest absolute Gasteiger partial charge is 0.318 e. The normalized spacial score (nSPS) is 16.5. The molecule has 6 rings (SSSR count). The van der Waals surface area contributed by atoms with E-state index in [-0.39, 0.29) is 29.7 Å². The van der Waals surface area contributed by atoms with Gasteiger partial charge in [-0.1, -0.05) is 78.4 Å². The van der Waals surface area contributed by atoms with Crippen molar-refractivity contribution in [1.29, 1.82) is 0 Å². The molecule has 0 unspecified atom stereocenters. The fraction of sp³-hybridized carbons (Fsp3) is 0.220. The molecule has 1 saturated heterocycles. The molecule has 7 nitrogen and oxygen atoms in total. The molecule has 0 aromatic heterocycles. The maximum absolute atomic E-state index is 13.8. The third-order valence-electron chi connectivity index (χ3n) is 9.18. The molecule has 0 aliphatic carbocycles. The van der Waals surface area contributed by atoms with Gasteiger partial charge in [-0.25, -0.2) is 8.42 Å². The number of rotatable bonds is 10. The summed E-state index contributed by atoms with van der Waals surface area (Å²) in [5, 5.41) is 1.99. The maximum atomic E-state index is 13.8. The third kappa shape index (κ3) is 7.51. The van der Waals surface area contributed by atoms with E-state index in [1.807, 2.05) is 79.7 Å². The van der Waals surface area contributed by atoms with Crippen molar-refractivity contribution in [2.24, 2.45) is 5.92 Å². The Balaban J connectivity index is 1.27. The molecule has 0 spiro atoms. The van der Waals surface area contributed by atoms with Crippen molar-refractivity contribution in [2.45, 2.75) is 38.0 Å². The molecular formula is C41H39NO6S. The number of aryl methyl sites for hydroxylation is 1. The van der Waals surface area contributed by atoms with Crippen LogP contribution in [-0.4, -0.2) is 44.7 Å². The Morgan fingerprint density at radius 3 is 2.29 bits per heavy atom. The van der Waals surface area contributed by atoms with Crippen LogP contribution in [0.3, 0.4) is 0 Å². The summed E-state index contributed by atoms with van der Waals surface area (Å²) in [6.45, 7) is 5.71. The average Bonchev–Trinajstić information content (AvgIpc) is 3.50. The van der Waals surface area contributed by atoms with Crippen LogP contribution in [0.5, 0.6) is 11.5 Å². The summed E-state index contributed by atoms with van der Waals surface area (Å²) in [7, 11) is -2.13. The number of benzene rings is 5. The first kappa shape index (κ1) is 33.8. The van der Waals surface area contributed by atoms with Crippen molar-refractivity contribution < 1.29 is 27.5 Å². The van der Waals surface area contributed by atoms with Crippen molar-refractivity contribution in [1.82, 2.24) is 4.31 Å². The first-order valence-electron chi connectivity index (χ1n) is 16.3. The van der Waals surface area contributed by atoms with Crippen LogP contribution < -0.4 is 9.47 Å². The van der Waals surface area contributed by atoms with Gasteiger partial charge in [0, 0.05) is 18.7 Å². The molecule has 0 N–H and O–H groups in total. The van der Waals surface area contributed by atoms with Gasteiger partial charge in [0.25, 0.3) is 0 Å². The van der Waals surface area contributed by atoms with Crippen LogP contribution in [0.1, 0.15) is 52.4 Å². The number of nitrogens with zero attached hydrogens (tertiary/aromatic N) is 1. The van der Waals surface area contributed by atoms with Crippen LogP contribution in [0.15, 0.2) is 120 Å². The highest BCUT2D eigenvalue weighted by molar-refractivity contribution is 7.89. The number of Topliss-reactive ketones (excluding diaryl/α,β-unsaturated/α-hetero) is 1. The largest absolute Gasteiger partial charge is 0.497 e. The number of hydrogen-bond donors (Lipinski definition) is 0. The summed E-state index contributed by atoms with van der Waals surface area (Å²) in [6, 6.07) is 33.4. The third-order valence-corrected chi connectivity index (χ3v) is 11.0. The molecule has 0 amide bonds. The molecule has 250 valence electrons. The molecule has 49 heavy (non-hydrogen) atoms. The monoisotopic (exact) mass is 673 g/mol. The second kappa shape index (κ2) is 14.2. The van der Waals surface area contributed by atoms with E-state index in [0.29, 0.717) is 23.3 Å². The lowest BCUT2D eigenvalue weighted by Crippen LogP contribution is -2.29. The fourth-order valence-corrected chi connectivity index (χ4v) is 7.79. The maximum Gasteiger partial charge on any atom is 0.318 e. The van der Waals surface area contributed by atoms with Crippen LogP contribution in [-0.2, 0) is 21.2 Å². The Morgan fingerprint density at radius 1 is 0.878 bits per heavy atom. The molecular weight excluding hydrogens is 635 g/mol. The average molecular weight is 674 g/mol. The van der Waals surface area contributed by atoms with Crippen LogP contribution in [0.2, 0.25) is 0 Å². The molecule has 5 aromatic carbocycles. The van der Waals surface area contributed by atoms with E-state index >= 15 is 0 Å². The van der Waals surface area contributed by atoms with Gasteiger partial charge in [-0.2, -0.15) is 4.31 Å². The topological polar surface area (TPSA) is 90.0 Å². The summed E-state index contributed by atoms with van der Waals surface area (Å²) >= 11 is 0. The zero-order valence-electron chi connectivity index (χ0n) is 28.1. The van der Waals surface area contributed by atoms with Gasteiger partial charge < -0.3 is 9.47 Å². The van der Waals surface area contributed by atoms with E-state index in [0.717, 1.165) is 38.8 Å². The van der Waals surface area contributed by atoms with E-state index in [9.17, 15) is 18.0 Å². The number of ketones is 1.